The van der Waals surface area contributed by atoms with Gasteiger partial charge in [-0.25, -0.2) is 0 Å². The molecule has 5 nitrogen and oxygen atoms in total. The van der Waals surface area contributed by atoms with E-state index in [-0.39, 0.29) is 11.3 Å². The molecule has 1 unspecified atom stereocenters. The number of carbonyl (C=O) groups is 1. The highest BCUT2D eigenvalue weighted by Crippen LogP contribution is 2.45. The molecule has 3 rings (SSSR count). The maximum atomic E-state index is 12.5. The van der Waals surface area contributed by atoms with Crippen molar-refractivity contribution in [3.05, 3.63) is 11.7 Å². The SMILES string of the molecule is Cc1nc(C2(CC3CC3)CCCN(C(=O)CC(C)C)C2)no1. The highest BCUT2D eigenvalue weighted by atomic mass is 16.5. The van der Waals surface area contributed by atoms with Gasteiger partial charge in [0.15, 0.2) is 5.82 Å². The number of rotatable bonds is 5. The third kappa shape index (κ3) is 3.33. The molecule has 1 atom stereocenters. The summed E-state index contributed by atoms with van der Waals surface area (Å²) in [5, 5.41) is 4.22. The summed E-state index contributed by atoms with van der Waals surface area (Å²) in [4.78, 5) is 19.1. The van der Waals surface area contributed by atoms with Crippen LogP contribution >= 0.6 is 0 Å². The Balaban J connectivity index is 1.80. The number of likely N-dealkylation sites (tertiary alicyclic amines) is 1. The average Bonchev–Trinajstić information content (AvgIpc) is 3.16. The third-order valence-electron chi connectivity index (χ3n) is 4.89. The van der Waals surface area contributed by atoms with Gasteiger partial charge in [0.2, 0.25) is 11.8 Å². The molecule has 22 heavy (non-hydrogen) atoms. The predicted octanol–water partition coefficient (Wildman–Crippen LogP) is 3.08. The van der Waals surface area contributed by atoms with Crippen LogP contribution in [0.2, 0.25) is 0 Å². The Kier molecular flexibility index (Phi) is 4.24. The molecule has 1 saturated heterocycles. The largest absolute Gasteiger partial charge is 0.342 e. The van der Waals surface area contributed by atoms with Gasteiger partial charge in [-0.3, -0.25) is 4.79 Å². The van der Waals surface area contributed by atoms with Gasteiger partial charge in [0.1, 0.15) is 0 Å². The van der Waals surface area contributed by atoms with E-state index in [9.17, 15) is 4.79 Å². The van der Waals surface area contributed by atoms with Gasteiger partial charge in [-0.2, -0.15) is 4.98 Å². The first-order chi connectivity index (χ1) is 10.5. The number of hydrogen-bond donors (Lipinski definition) is 0. The standard InChI is InChI=1S/C17H27N3O2/c1-12(2)9-15(21)20-8-4-7-17(11-20,10-14-5-6-14)16-18-13(3)22-19-16/h12,14H,4-11H2,1-3H3. The van der Waals surface area contributed by atoms with Crippen LogP contribution in [0.25, 0.3) is 0 Å². The van der Waals surface area contributed by atoms with E-state index >= 15 is 0 Å². The number of aryl methyl sites for hydroxylation is 1. The molecule has 2 heterocycles. The zero-order chi connectivity index (χ0) is 15.7. The number of piperidine rings is 1. The fraction of sp³-hybridized carbons (Fsp3) is 0.824. The lowest BCUT2D eigenvalue weighted by atomic mass is 9.74. The molecule has 0 N–H and O–H groups in total. The van der Waals surface area contributed by atoms with Crippen LogP contribution in [0.3, 0.4) is 0 Å². The molecule has 2 fully saturated rings. The zero-order valence-corrected chi connectivity index (χ0v) is 14.0. The number of aromatic nitrogens is 2. The summed E-state index contributed by atoms with van der Waals surface area (Å²) < 4.78 is 5.24. The number of hydrogen-bond acceptors (Lipinski definition) is 4. The van der Waals surface area contributed by atoms with E-state index in [0.717, 1.165) is 44.1 Å². The van der Waals surface area contributed by atoms with Crippen LogP contribution in [-0.2, 0) is 10.2 Å². The molecule has 1 aliphatic heterocycles. The van der Waals surface area contributed by atoms with Crippen molar-refractivity contribution < 1.29 is 9.32 Å². The van der Waals surface area contributed by atoms with E-state index in [1.54, 1.807) is 0 Å². The summed E-state index contributed by atoms with van der Waals surface area (Å²) in [5.74, 6) is 2.89. The lowest BCUT2D eigenvalue weighted by Gasteiger charge is -2.41. The number of nitrogens with zero attached hydrogens (tertiary/aromatic N) is 3. The number of amides is 1. The van der Waals surface area contributed by atoms with E-state index in [1.807, 2.05) is 11.8 Å². The molecule has 0 bridgehead atoms. The first kappa shape index (κ1) is 15.5. The second-order valence-electron chi connectivity index (χ2n) is 7.58. The second kappa shape index (κ2) is 6.01. The summed E-state index contributed by atoms with van der Waals surface area (Å²) in [6.07, 6.45) is 6.43. The van der Waals surface area contributed by atoms with Gasteiger partial charge < -0.3 is 9.42 Å². The Morgan fingerprint density at radius 3 is 2.82 bits per heavy atom. The summed E-state index contributed by atoms with van der Waals surface area (Å²) in [6.45, 7) is 7.67. The van der Waals surface area contributed by atoms with E-state index in [1.165, 1.54) is 12.8 Å². The Bertz CT molecular complexity index is 536. The van der Waals surface area contributed by atoms with Crippen molar-refractivity contribution in [2.75, 3.05) is 13.1 Å². The van der Waals surface area contributed by atoms with Crippen molar-refractivity contribution in [2.45, 2.75) is 64.7 Å². The molecule has 5 heteroatoms. The van der Waals surface area contributed by atoms with Crippen molar-refractivity contribution in [1.82, 2.24) is 15.0 Å². The fourth-order valence-electron chi connectivity index (χ4n) is 3.65. The zero-order valence-electron chi connectivity index (χ0n) is 14.0. The summed E-state index contributed by atoms with van der Waals surface area (Å²) >= 11 is 0. The second-order valence-corrected chi connectivity index (χ2v) is 7.58. The minimum Gasteiger partial charge on any atom is -0.342 e. The van der Waals surface area contributed by atoms with E-state index in [2.05, 4.69) is 24.0 Å². The van der Waals surface area contributed by atoms with E-state index in [4.69, 9.17) is 4.52 Å². The lowest BCUT2D eigenvalue weighted by Crippen LogP contribution is -2.49. The third-order valence-corrected chi connectivity index (χ3v) is 4.89. The number of carbonyl (C=O) groups excluding carboxylic acids is 1. The molecular weight excluding hydrogens is 278 g/mol. The molecule has 0 spiro atoms. The quantitative estimate of drug-likeness (QED) is 0.839. The summed E-state index contributed by atoms with van der Waals surface area (Å²) in [6, 6.07) is 0. The molecule has 1 aromatic rings. The van der Waals surface area contributed by atoms with Gasteiger partial charge in [-0.15, -0.1) is 0 Å². The average molecular weight is 305 g/mol. The van der Waals surface area contributed by atoms with Crippen LogP contribution in [0.4, 0.5) is 0 Å². The van der Waals surface area contributed by atoms with E-state index in [0.29, 0.717) is 18.2 Å². The topological polar surface area (TPSA) is 59.2 Å². The molecule has 0 aromatic carbocycles. The van der Waals surface area contributed by atoms with Crippen LogP contribution in [-0.4, -0.2) is 34.0 Å². The van der Waals surface area contributed by atoms with Crippen LogP contribution in [0.1, 0.15) is 64.1 Å². The minimum absolute atomic E-state index is 0.0934. The normalized spacial score (nSPS) is 25.7. The van der Waals surface area contributed by atoms with Crippen molar-refractivity contribution in [1.29, 1.82) is 0 Å². The van der Waals surface area contributed by atoms with Gasteiger partial charge >= 0.3 is 0 Å². The molecule has 1 aromatic heterocycles. The Morgan fingerprint density at radius 2 is 2.23 bits per heavy atom. The van der Waals surface area contributed by atoms with Crippen LogP contribution < -0.4 is 0 Å². The first-order valence-electron chi connectivity index (χ1n) is 8.57. The molecule has 122 valence electrons. The van der Waals surface area contributed by atoms with E-state index < -0.39 is 0 Å². The monoisotopic (exact) mass is 305 g/mol. The Morgan fingerprint density at radius 1 is 1.45 bits per heavy atom. The van der Waals surface area contributed by atoms with Crippen LogP contribution in [0.15, 0.2) is 4.52 Å². The van der Waals surface area contributed by atoms with Crippen molar-refractivity contribution in [3.8, 4) is 0 Å². The lowest BCUT2D eigenvalue weighted by molar-refractivity contribution is -0.134. The van der Waals surface area contributed by atoms with Crippen molar-refractivity contribution in [2.24, 2.45) is 11.8 Å². The Labute approximate surface area is 132 Å². The predicted molar refractivity (Wildman–Crippen MR) is 83.3 cm³/mol. The highest BCUT2D eigenvalue weighted by molar-refractivity contribution is 5.76. The maximum Gasteiger partial charge on any atom is 0.223 e. The Hall–Kier alpha value is -1.39. The van der Waals surface area contributed by atoms with Crippen LogP contribution in [0, 0.1) is 18.8 Å². The maximum absolute atomic E-state index is 12.5. The van der Waals surface area contributed by atoms with Crippen molar-refractivity contribution in [3.63, 3.8) is 0 Å². The molecule has 0 radical (unpaired) electrons. The molecule has 2 aliphatic rings. The van der Waals surface area contributed by atoms with Crippen molar-refractivity contribution >= 4 is 5.91 Å². The molecule has 1 aliphatic carbocycles. The van der Waals surface area contributed by atoms with Gasteiger partial charge in [0, 0.05) is 26.4 Å². The van der Waals surface area contributed by atoms with Gasteiger partial charge in [-0.05, 0) is 31.1 Å². The smallest absolute Gasteiger partial charge is 0.223 e. The summed E-state index contributed by atoms with van der Waals surface area (Å²) in [7, 11) is 0. The summed E-state index contributed by atoms with van der Waals surface area (Å²) in [5.41, 5.74) is -0.0934. The van der Waals surface area contributed by atoms with Gasteiger partial charge in [-0.1, -0.05) is 31.8 Å². The first-order valence-corrected chi connectivity index (χ1v) is 8.57. The molecule has 1 amide bonds. The van der Waals surface area contributed by atoms with Gasteiger partial charge in [0.25, 0.3) is 0 Å². The molecule has 1 saturated carbocycles. The molecular formula is C17H27N3O2. The van der Waals surface area contributed by atoms with Crippen LogP contribution in [0.5, 0.6) is 0 Å². The minimum atomic E-state index is -0.0934. The highest BCUT2D eigenvalue weighted by Gasteiger charge is 2.45. The van der Waals surface area contributed by atoms with Gasteiger partial charge in [0.05, 0.1) is 5.41 Å². The fourth-order valence-corrected chi connectivity index (χ4v) is 3.65.